The zero-order chi connectivity index (χ0) is 17.0. The van der Waals surface area contributed by atoms with Gasteiger partial charge in [-0.25, -0.2) is 0 Å². The Hall–Kier alpha value is -1.33. The number of amides is 1. The van der Waals surface area contributed by atoms with Gasteiger partial charge in [0.1, 0.15) is 11.5 Å². The normalized spacial score (nSPS) is 38.1. The van der Waals surface area contributed by atoms with Crippen LogP contribution in [0.25, 0.3) is 0 Å². The van der Waals surface area contributed by atoms with Crippen molar-refractivity contribution in [1.82, 2.24) is 15.1 Å². The van der Waals surface area contributed by atoms with Crippen molar-refractivity contribution in [3.05, 3.63) is 23.7 Å². The minimum Gasteiger partial charge on any atom is -0.465 e. The summed E-state index contributed by atoms with van der Waals surface area (Å²) in [6, 6.07) is 4.82. The second-order valence-corrected chi connectivity index (χ2v) is 8.52. The third-order valence-electron chi connectivity index (χ3n) is 6.74. The van der Waals surface area contributed by atoms with Gasteiger partial charge in [-0.15, -0.1) is 0 Å². The number of nitrogens with one attached hydrogen (secondary N) is 1. The molecule has 0 aromatic carbocycles. The van der Waals surface area contributed by atoms with Crippen LogP contribution in [0.3, 0.4) is 0 Å². The van der Waals surface area contributed by atoms with Gasteiger partial charge in [-0.05, 0) is 37.3 Å². The molecule has 2 saturated carbocycles. The summed E-state index contributed by atoms with van der Waals surface area (Å²) >= 11 is 0. The Bertz CT molecular complexity index is 651. The van der Waals surface area contributed by atoms with Gasteiger partial charge >= 0.3 is 0 Å². The summed E-state index contributed by atoms with van der Waals surface area (Å²) in [5, 5.41) is 3.41. The van der Waals surface area contributed by atoms with E-state index in [4.69, 9.17) is 4.42 Å². The summed E-state index contributed by atoms with van der Waals surface area (Å²) in [5.74, 6) is 4.43. The molecule has 2 saturated heterocycles. The summed E-state index contributed by atoms with van der Waals surface area (Å²) in [6.07, 6.45) is 3.36. The molecular formula is C20H29N3O2. The van der Waals surface area contributed by atoms with Crippen LogP contribution in [-0.2, 0) is 4.79 Å². The SMILES string of the molecule is CC1CC1c1ccc(C2CC2C(=O)N2CCC(N3CCNCC3)C2)o1. The second kappa shape index (κ2) is 6.13. The molecule has 4 fully saturated rings. The molecule has 136 valence electrons. The van der Waals surface area contributed by atoms with Crippen LogP contribution >= 0.6 is 0 Å². The van der Waals surface area contributed by atoms with Crippen LogP contribution in [-0.4, -0.2) is 61.0 Å². The number of carbonyl (C=O) groups excluding carboxylic acids is 1. The molecule has 25 heavy (non-hydrogen) atoms. The highest BCUT2D eigenvalue weighted by Gasteiger charge is 2.49. The van der Waals surface area contributed by atoms with Gasteiger partial charge in [0.05, 0.1) is 0 Å². The predicted octanol–water partition coefficient (Wildman–Crippen LogP) is 2.01. The summed E-state index contributed by atoms with van der Waals surface area (Å²) in [7, 11) is 0. The van der Waals surface area contributed by atoms with Crippen LogP contribution in [0.4, 0.5) is 0 Å². The first-order valence-electron chi connectivity index (χ1n) is 10.0. The lowest BCUT2D eigenvalue weighted by molar-refractivity contribution is -0.131. The highest BCUT2D eigenvalue weighted by molar-refractivity contribution is 5.83. The predicted molar refractivity (Wildman–Crippen MR) is 95.5 cm³/mol. The molecule has 5 unspecified atom stereocenters. The fraction of sp³-hybridized carbons (Fsp3) is 0.750. The molecule has 2 aliphatic carbocycles. The van der Waals surface area contributed by atoms with E-state index in [1.165, 1.54) is 6.42 Å². The van der Waals surface area contributed by atoms with E-state index in [2.05, 4.69) is 34.2 Å². The molecule has 5 atom stereocenters. The zero-order valence-corrected chi connectivity index (χ0v) is 15.1. The fourth-order valence-corrected chi connectivity index (χ4v) is 4.79. The highest BCUT2D eigenvalue weighted by Crippen LogP contribution is 2.52. The second-order valence-electron chi connectivity index (χ2n) is 8.52. The van der Waals surface area contributed by atoms with Gasteiger partial charge in [-0.3, -0.25) is 9.69 Å². The van der Waals surface area contributed by atoms with Gasteiger partial charge in [0.25, 0.3) is 0 Å². The summed E-state index contributed by atoms with van der Waals surface area (Å²) < 4.78 is 6.08. The Morgan fingerprint density at radius 2 is 1.84 bits per heavy atom. The van der Waals surface area contributed by atoms with Crippen LogP contribution in [0, 0.1) is 11.8 Å². The molecule has 1 amide bonds. The number of hydrogen-bond acceptors (Lipinski definition) is 4. The molecule has 1 aromatic heterocycles. The molecule has 1 aromatic rings. The number of rotatable bonds is 4. The Balaban J connectivity index is 1.16. The monoisotopic (exact) mass is 343 g/mol. The average molecular weight is 343 g/mol. The molecule has 5 nitrogen and oxygen atoms in total. The minimum atomic E-state index is 0.164. The Morgan fingerprint density at radius 1 is 1.12 bits per heavy atom. The van der Waals surface area contributed by atoms with Gasteiger partial charge in [0, 0.05) is 63.1 Å². The Kier molecular flexibility index (Phi) is 3.90. The van der Waals surface area contributed by atoms with Crippen molar-refractivity contribution in [2.75, 3.05) is 39.3 Å². The molecule has 5 heteroatoms. The quantitative estimate of drug-likeness (QED) is 0.909. The van der Waals surface area contributed by atoms with Crippen molar-refractivity contribution in [3.8, 4) is 0 Å². The van der Waals surface area contributed by atoms with E-state index in [0.29, 0.717) is 23.8 Å². The topological polar surface area (TPSA) is 48.7 Å². The van der Waals surface area contributed by atoms with Crippen LogP contribution in [0.15, 0.2) is 16.5 Å². The maximum absolute atomic E-state index is 12.9. The summed E-state index contributed by atoms with van der Waals surface area (Å²) in [4.78, 5) is 17.6. The van der Waals surface area contributed by atoms with Crippen molar-refractivity contribution < 1.29 is 9.21 Å². The Labute approximate surface area is 149 Å². The van der Waals surface area contributed by atoms with E-state index in [1.54, 1.807) is 0 Å². The van der Waals surface area contributed by atoms with Crippen molar-refractivity contribution in [1.29, 1.82) is 0 Å². The first kappa shape index (κ1) is 15.9. The van der Waals surface area contributed by atoms with Crippen molar-refractivity contribution in [3.63, 3.8) is 0 Å². The number of piperazine rings is 1. The highest BCUT2D eigenvalue weighted by atomic mass is 16.3. The molecule has 0 bridgehead atoms. The number of furan rings is 1. The summed E-state index contributed by atoms with van der Waals surface area (Å²) in [5.41, 5.74) is 0. The van der Waals surface area contributed by atoms with Crippen molar-refractivity contribution in [2.45, 2.75) is 44.1 Å². The Morgan fingerprint density at radius 3 is 2.56 bits per heavy atom. The standard InChI is InChI=1S/C20H29N3O2/c1-13-10-15(13)18-2-3-19(25-18)16-11-17(16)20(24)23-7-4-14(12-23)22-8-5-21-6-9-22/h2-3,13-17,21H,4-12H2,1H3. The van der Waals surface area contributed by atoms with Gasteiger partial charge in [0.2, 0.25) is 5.91 Å². The maximum Gasteiger partial charge on any atom is 0.226 e. The van der Waals surface area contributed by atoms with E-state index in [9.17, 15) is 4.79 Å². The van der Waals surface area contributed by atoms with Crippen LogP contribution in [0.1, 0.15) is 49.5 Å². The van der Waals surface area contributed by atoms with Crippen LogP contribution < -0.4 is 5.32 Å². The van der Waals surface area contributed by atoms with E-state index in [-0.39, 0.29) is 5.92 Å². The van der Waals surface area contributed by atoms with Crippen LogP contribution in [0.5, 0.6) is 0 Å². The largest absolute Gasteiger partial charge is 0.465 e. The first-order chi connectivity index (χ1) is 12.2. The van der Waals surface area contributed by atoms with Gasteiger partial charge in [0.15, 0.2) is 0 Å². The molecule has 0 radical (unpaired) electrons. The first-order valence-corrected chi connectivity index (χ1v) is 10.0. The number of likely N-dealkylation sites (tertiary alicyclic amines) is 1. The number of hydrogen-bond donors (Lipinski definition) is 1. The lowest BCUT2D eigenvalue weighted by Crippen LogP contribution is -2.49. The lowest BCUT2D eigenvalue weighted by Gasteiger charge is -2.32. The molecule has 5 rings (SSSR count). The van der Waals surface area contributed by atoms with Crippen LogP contribution in [0.2, 0.25) is 0 Å². The van der Waals surface area contributed by atoms with E-state index in [1.807, 2.05) is 0 Å². The maximum atomic E-state index is 12.9. The minimum absolute atomic E-state index is 0.164. The number of carbonyl (C=O) groups is 1. The molecular weight excluding hydrogens is 314 g/mol. The molecule has 0 spiro atoms. The number of nitrogens with zero attached hydrogens (tertiary/aromatic N) is 2. The lowest BCUT2D eigenvalue weighted by atomic mass is 10.2. The van der Waals surface area contributed by atoms with E-state index in [0.717, 1.165) is 69.5 Å². The average Bonchev–Trinajstić information content (AvgIpc) is 3.45. The van der Waals surface area contributed by atoms with Crippen molar-refractivity contribution in [2.24, 2.45) is 11.8 Å². The molecule has 4 aliphatic rings. The van der Waals surface area contributed by atoms with Gasteiger partial charge in [-0.1, -0.05) is 6.92 Å². The van der Waals surface area contributed by atoms with Gasteiger partial charge < -0.3 is 14.6 Å². The van der Waals surface area contributed by atoms with Gasteiger partial charge in [-0.2, -0.15) is 0 Å². The smallest absolute Gasteiger partial charge is 0.226 e. The van der Waals surface area contributed by atoms with Crippen molar-refractivity contribution >= 4 is 5.91 Å². The molecule has 1 N–H and O–H groups in total. The third kappa shape index (κ3) is 3.02. The van der Waals surface area contributed by atoms with E-state index < -0.39 is 0 Å². The fourth-order valence-electron chi connectivity index (χ4n) is 4.79. The van der Waals surface area contributed by atoms with E-state index >= 15 is 0 Å². The molecule has 2 aliphatic heterocycles. The zero-order valence-electron chi connectivity index (χ0n) is 15.1. The summed E-state index contributed by atoms with van der Waals surface area (Å²) in [6.45, 7) is 8.52. The third-order valence-corrected chi connectivity index (χ3v) is 6.74. The molecule has 3 heterocycles.